The average Bonchev–Trinajstić information content (AvgIpc) is 3.14. The number of ether oxygens (including phenoxy) is 5. The van der Waals surface area contributed by atoms with Gasteiger partial charge in [0.05, 0.1) is 23.5 Å². The van der Waals surface area contributed by atoms with Gasteiger partial charge >= 0.3 is 23.9 Å². The predicted molar refractivity (Wildman–Crippen MR) is 151 cm³/mol. The third kappa shape index (κ3) is 4.40. The minimum atomic E-state index is -2.61. The topological polar surface area (TPSA) is 168 Å². The van der Waals surface area contributed by atoms with Gasteiger partial charge in [-0.15, -0.1) is 0 Å². The average molecular weight is 614 g/mol. The second-order valence-corrected chi connectivity index (χ2v) is 12.8. The first kappa shape index (κ1) is 31.8. The van der Waals surface area contributed by atoms with Crippen molar-refractivity contribution < 1.29 is 53.1 Å². The fourth-order valence-corrected chi connectivity index (χ4v) is 8.53. The minimum Gasteiger partial charge on any atom is -0.462 e. The number of aliphatic hydroxyl groups is 2. The molecule has 2 bridgehead atoms. The number of hydrogen-bond acceptors (Lipinski definition) is 12. The van der Waals surface area contributed by atoms with E-state index in [0.717, 1.165) is 6.92 Å². The number of carbonyl (C=O) groups is 4. The molecule has 238 valence electrons. The standard InChI is InChI=1S/C32H39NO11/c1-16(2)22-10-11-23(41-18(4)34)30-15-40-32(39,29(7,38)26(22)30)31(44-20(6)36)13-17(3)25(42-19(5)35)24(31)27(30)43-28(37)21-9-8-12-33-14-21/h8-12,14,17,22-27,38-39H,1,13,15H2,2-7H3. The molecule has 11 unspecified atom stereocenters. The summed E-state index contributed by atoms with van der Waals surface area (Å²) in [6.45, 7) is 12.2. The Labute approximate surface area is 255 Å². The molecule has 1 spiro atoms. The van der Waals surface area contributed by atoms with Gasteiger partial charge in [-0.05, 0) is 44.4 Å². The van der Waals surface area contributed by atoms with E-state index in [1.165, 1.54) is 39.2 Å². The molecule has 1 aromatic heterocycles. The van der Waals surface area contributed by atoms with Crippen LogP contribution in [0, 0.1) is 29.1 Å². The van der Waals surface area contributed by atoms with Gasteiger partial charge in [0.2, 0.25) is 5.79 Å². The highest BCUT2D eigenvalue weighted by Crippen LogP contribution is 2.70. The van der Waals surface area contributed by atoms with Crippen LogP contribution in [0.4, 0.5) is 0 Å². The van der Waals surface area contributed by atoms with Crippen LogP contribution in [0.2, 0.25) is 0 Å². The summed E-state index contributed by atoms with van der Waals surface area (Å²) < 4.78 is 30.4. The molecule has 12 heteroatoms. The van der Waals surface area contributed by atoms with Crippen LogP contribution in [-0.4, -0.2) is 81.0 Å². The Bertz CT molecular complexity index is 1410. The van der Waals surface area contributed by atoms with Crippen molar-refractivity contribution in [2.24, 2.45) is 29.1 Å². The molecule has 2 saturated carbocycles. The van der Waals surface area contributed by atoms with E-state index in [2.05, 4.69) is 11.6 Å². The molecule has 3 heterocycles. The van der Waals surface area contributed by atoms with Gasteiger partial charge in [-0.2, -0.15) is 0 Å². The lowest BCUT2D eigenvalue weighted by Gasteiger charge is -2.62. The molecular formula is C32H39NO11. The van der Waals surface area contributed by atoms with E-state index in [9.17, 15) is 29.4 Å². The number of carbonyl (C=O) groups excluding carboxylic acids is 4. The third-order valence-corrected chi connectivity index (χ3v) is 9.91. The molecule has 4 fully saturated rings. The van der Waals surface area contributed by atoms with E-state index in [1.807, 2.05) is 0 Å². The van der Waals surface area contributed by atoms with Crippen molar-refractivity contribution in [3.8, 4) is 0 Å². The summed E-state index contributed by atoms with van der Waals surface area (Å²) in [5.41, 5.74) is -5.26. The summed E-state index contributed by atoms with van der Waals surface area (Å²) in [6, 6.07) is 3.05. The Balaban J connectivity index is 1.89. The van der Waals surface area contributed by atoms with E-state index in [4.69, 9.17) is 23.7 Å². The van der Waals surface area contributed by atoms with Gasteiger partial charge in [-0.25, -0.2) is 4.79 Å². The fraction of sp³-hybridized carbons (Fsp3) is 0.594. The van der Waals surface area contributed by atoms with Crippen LogP contribution in [0.3, 0.4) is 0 Å². The van der Waals surface area contributed by atoms with Crippen molar-refractivity contribution in [1.29, 1.82) is 0 Å². The van der Waals surface area contributed by atoms with Crippen LogP contribution in [0.1, 0.15) is 58.3 Å². The minimum absolute atomic E-state index is 0.0886. The first-order valence-electron chi connectivity index (χ1n) is 14.6. The zero-order chi connectivity index (χ0) is 32.4. The molecule has 5 aliphatic rings. The molecule has 12 nitrogen and oxygen atoms in total. The highest BCUT2D eigenvalue weighted by molar-refractivity contribution is 5.89. The van der Waals surface area contributed by atoms with Crippen LogP contribution >= 0.6 is 0 Å². The Kier molecular flexibility index (Phi) is 7.79. The van der Waals surface area contributed by atoms with Crippen LogP contribution in [0.15, 0.2) is 48.8 Å². The number of rotatable bonds is 6. The van der Waals surface area contributed by atoms with E-state index < -0.39 is 94.9 Å². The van der Waals surface area contributed by atoms with Gasteiger partial charge in [0.15, 0.2) is 5.60 Å². The van der Waals surface area contributed by atoms with Crippen molar-refractivity contribution in [1.82, 2.24) is 4.98 Å². The first-order valence-corrected chi connectivity index (χ1v) is 14.6. The number of pyridine rings is 1. The van der Waals surface area contributed by atoms with Crippen LogP contribution < -0.4 is 0 Å². The van der Waals surface area contributed by atoms with E-state index in [-0.39, 0.29) is 12.0 Å². The molecule has 11 atom stereocenters. The molecular weight excluding hydrogens is 574 g/mol. The lowest BCUT2D eigenvalue weighted by atomic mass is 9.52. The Morgan fingerprint density at radius 2 is 1.70 bits per heavy atom. The number of fused-ring (bicyclic) bond motifs is 1. The predicted octanol–water partition coefficient (Wildman–Crippen LogP) is 2.28. The lowest BCUT2D eigenvalue weighted by molar-refractivity contribution is -0.411. The molecule has 1 aromatic rings. The van der Waals surface area contributed by atoms with Gasteiger partial charge in [-0.1, -0.05) is 25.2 Å². The molecule has 2 saturated heterocycles. The lowest BCUT2D eigenvalue weighted by Crippen LogP contribution is -2.77. The highest BCUT2D eigenvalue weighted by Gasteiger charge is 2.86. The Morgan fingerprint density at radius 1 is 1.02 bits per heavy atom. The smallest absolute Gasteiger partial charge is 0.340 e. The number of esters is 4. The largest absolute Gasteiger partial charge is 0.462 e. The maximum absolute atomic E-state index is 13.9. The van der Waals surface area contributed by atoms with E-state index >= 15 is 0 Å². The van der Waals surface area contributed by atoms with Gasteiger partial charge < -0.3 is 33.9 Å². The van der Waals surface area contributed by atoms with Gasteiger partial charge in [-0.3, -0.25) is 19.4 Å². The first-order chi connectivity index (χ1) is 20.5. The molecule has 6 rings (SSSR count). The summed E-state index contributed by atoms with van der Waals surface area (Å²) in [5, 5.41) is 25.4. The van der Waals surface area contributed by atoms with Crippen molar-refractivity contribution in [3.05, 3.63) is 54.4 Å². The number of allylic oxidation sites excluding steroid dienone is 2. The second-order valence-electron chi connectivity index (χ2n) is 12.8. The zero-order valence-corrected chi connectivity index (χ0v) is 25.6. The fourth-order valence-electron chi connectivity index (χ4n) is 8.53. The summed E-state index contributed by atoms with van der Waals surface area (Å²) in [5.74, 6) is -9.16. The highest BCUT2D eigenvalue weighted by atomic mass is 16.7. The van der Waals surface area contributed by atoms with E-state index in [1.54, 1.807) is 32.1 Å². The SMILES string of the molecule is C=C(C)C1C=CC(OC(C)=O)C23COC(O)(C(C)(O)C12)C1(OC(C)=O)CC(C)C(OC(C)=O)C1C3OC(=O)c1cccnc1. The summed E-state index contributed by atoms with van der Waals surface area (Å²) in [6.07, 6.45) is 2.35. The molecule has 2 N–H and O–H groups in total. The van der Waals surface area contributed by atoms with Crippen LogP contribution in [0.25, 0.3) is 0 Å². The molecule has 0 amide bonds. The van der Waals surface area contributed by atoms with Crippen molar-refractivity contribution >= 4 is 23.9 Å². The summed E-state index contributed by atoms with van der Waals surface area (Å²) in [7, 11) is 0. The molecule has 2 aliphatic heterocycles. The Morgan fingerprint density at radius 3 is 2.27 bits per heavy atom. The van der Waals surface area contributed by atoms with Gasteiger partial charge in [0.25, 0.3) is 0 Å². The van der Waals surface area contributed by atoms with Crippen molar-refractivity contribution in [3.63, 3.8) is 0 Å². The summed E-state index contributed by atoms with van der Waals surface area (Å²) in [4.78, 5) is 55.9. The normalized spacial score (nSPS) is 41.9. The van der Waals surface area contributed by atoms with Gasteiger partial charge in [0.1, 0.15) is 23.9 Å². The molecule has 44 heavy (non-hydrogen) atoms. The third-order valence-electron chi connectivity index (χ3n) is 9.91. The molecule has 0 radical (unpaired) electrons. The quantitative estimate of drug-likeness (QED) is 0.273. The zero-order valence-electron chi connectivity index (χ0n) is 25.6. The van der Waals surface area contributed by atoms with Crippen molar-refractivity contribution in [2.75, 3.05) is 6.61 Å². The number of aromatic nitrogens is 1. The van der Waals surface area contributed by atoms with Crippen LogP contribution in [0.5, 0.6) is 0 Å². The number of hydrogen-bond donors (Lipinski definition) is 2. The maximum atomic E-state index is 13.9. The van der Waals surface area contributed by atoms with Gasteiger partial charge in [0, 0.05) is 45.0 Å². The van der Waals surface area contributed by atoms with Crippen molar-refractivity contribution in [2.45, 2.75) is 83.3 Å². The second kappa shape index (κ2) is 10.8. The Hall–Kier alpha value is -3.61. The number of nitrogens with zero attached hydrogens (tertiary/aromatic N) is 1. The summed E-state index contributed by atoms with van der Waals surface area (Å²) >= 11 is 0. The van der Waals surface area contributed by atoms with E-state index in [0.29, 0.717) is 5.57 Å². The van der Waals surface area contributed by atoms with Crippen LogP contribution in [-0.2, 0) is 38.1 Å². The maximum Gasteiger partial charge on any atom is 0.340 e. The molecule has 3 aliphatic carbocycles. The monoisotopic (exact) mass is 613 g/mol. The molecule has 0 aromatic carbocycles.